The number of amides is 1. The minimum Gasteiger partial charge on any atom is -0.324 e. The van der Waals surface area contributed by atoms with Gasteiger partial charge in [-0.3, -0.25) is 9.69 Å². The summed E-state index contributed by atoms with van der Waals surface area (Å²) >= 11 is 0. The molecule has 0 spiro atoms. The van der Waals surface area contributed by atoms with Crippen LogP contribution in [0.25, 0.3) is 0 Å². The van der Waals surface area contributed by atoms with Crippen LogP contribution in [0.15, 0.2) is 6.07 Å². The van der Waals surface area contributed by atoms with E-state index in [4.69, 9.17) is 0 Å². The van der Waals surface area contributed by atoms with Crippen LogP contribution >= 0.6 is 0 Å². The highest BCUT2D eigenvalue weighted by Crippen LogP contribution is 2.26. The minimum absolute atomic E-state index is 0.0694. The van der Waals surface area contributed by atoms with Crippen molar-refractivity contribution in [3.63, 3.8) is 0 Å². The molecule has 0 heterocycles. The molecule has 1 aromatic carbocycles. The van der Waals surface area contributed by atoms with E-state index in [-0.39, 0.29) is 5.91 Å². The Morgan fingerprint density at radius 3 is 1.95 bits per heavy atom. The molecule has 0 aromatic heterocycles. The fourth-order valence-electron chi connectivity index (χ4n) is 2.23. The van der Waals surface area contributed by atoms with E-state index in [9.17, 15) is 4.79 Å². The van der Waals surface area contributed by atoms with E-state index in [0.717, 1.165) is 29.9 Å². The van der Waals surface area contributed by atoms with Crippen molar-refractivity contribution in [3.05, 3.63) is 28.3 Å². The van der Waals surface area contributed by atoms with Crippen LogP contribution in [0.4, 0.5) is 5.69 Å². The van der Waals surface area contributed by atoms with Crippen LogP contribution in [0.2, 0.25) is 0 Å². The van der Waals surface area contributed by atoms with Crippen molar-refractivity contribution in [2.24, 2.45) is 0 Å². The normalized spacial score (nSPS) is 10.9. The first kappa shape index (κ1) is 15.7. The SMILES string of the molecule is CCN(CC)CC(=O)Nc1c(C)c(C)cc(C)c1C. The van der Waals surface area contributed by atoms with Crippen LogP contribution in [-0.2, 0) is 4.79 Å². The maximum Gasteiger partial charge on any atom is 0.238 e. The minimum atomic E-state index is 0.0694. The Balaban J connectivity index is 2.91. The summed E-state index contributed by atoms with van der Waals surface area (Å²) in [7, 11) is 0. The van der Waals surface area contributed by atoms with Gasteiger partial charge in [0.1, 0.15) is 0 Å². The van der Waals surface area contributed by atoms with Gasteiger partial charge in [0.25, 0.3) is 0 Å². The lowest BCUT2D eigenvalue weighted by Gasteiger charge is -2.20. The van der Waals surface area contributed by atoms with Crippen LogP contribution in [0.3, 0.4) is 0 Å². The van der Waals surface area contributed by atoms with Crippen molar-refractivity contribution < 1.29 is 4.79 Å². The first-order valence-corrected chi connectivity index (χ1v) is 7.00. The quantitative estimate of drug-likeness (QED) is 0.883. The number of aryl methyl sites for hydroxylation is 2. The smallest absolute Gasteiger partial charge is 0.238 e. The highest BCUT2D eigenvalue weighted by Gasteiger charge is 2.13. The summed E-state index contributed by atoms with van der Waals surface area (Å²) < 4.78 is 0. The molecule has 1 aromatic rings. The second-order valence-corrected chi connectivity index (χ2v) is 5.14. The van der Waals surface area contributed by atoms with E-state index in [1.54, 1.807) is 0 Å². The van der Waals surface area contributed by atoms with Gasteiger partial charge >= 0.3 is 0 Å². The van der Waals surface area contributed by atoms with Gasteiger partial charge in [0, 0.05) is 5.69 Å². The van der Waals surface area contributed by atoms with Gasteiger partial charge in [-0.05, 0) is 63.0 Å². The molecular formula is C16H26N2O. The molecule has 0 saturated heterocycles. The van der Waals surface area contributed by atoms with Gasteiger partial charge < -0.3 is 5.32 Å². The Morgan fingerprint density at radius 2 is 1.53 bits per heavy atom. The molecule has 0 unspecified atom stereocenters. The van der Waals surface area contributed by atoms with Crippen molar-refractivity contribution in [2.75, 3.05) is 25.0 Å². The molecular weight excluding hydrogens is 236 g/mol. The molecule has 3 heteroatoms. The second-order valence-electron chi connectivity index (χ2n) is 5.14. The van der Waals surface area contributed by atoms with Crippen LogP contribution in [-0.4, -0.2) is 30.4 Å². The predicted molar refractivity (Wildman–Crippen MR) is 81.8 cm³/mol. The lowest BCUT2D eigenvalue weighted by molar-refractivity contribution is -0.117. The molecule has 1 N–H and O–H groups in total. The number of hydrogen-bond donors (Lipinski definition) is 1. The van der Waals surface area contributed by atoms with Gasteiger partial charge in [0.15, 0.2) is 0 Å². The molecule has 0 aliphatic rings. The first-order valence-electron chi connectivity index (χ1n) is 7.00. The predicted octanol–water partition coefficient (Wildman–Crippen LogP) is 3.20. The second kappa shape index (κ2) is 6.71. The summed E-state index contributed by atoms with van der Waals surface area (Å²) in [5.74, 6) is 0.0694. The summed E-state index contributed by atoms with van der Waals surface area (Å²) in [6, 6.07) is 2.17. The van der Waals surface area contributed by atoms with E-state index < -0.39 is 0 Å². The highest BCUT2D eigenvalue weighted by molar-refractivity contribution is 5.94. The largest absolute Gasteiger partial charge is 0.324 e. The van der Waals surface area contributed by atoms with Crippen molar-refractivity contribution in [1.82, 2.24) is 4.90 Å². The number of likely N-dealkylation sites (N-methyl/N-ethyl adjacent to an activating group) is 1. The lowest BCUT2D eigenvalue weighted by Crippen LogP contribution is -2.33. The molecule has 0 bridgehead atoms. The van der Waals surface area contributed by atoms with Crippen LogP contribution in [0.1, 0.15) is 36.1 Å². The zero-order chi connectivity index (χ0) is 14.6. The number of carbonyl (C=O) groups excluding carboxylic acids is 1. The number of rotatable bonds is 5. The number of benzene rings is 1. The van der Waals surface area contributed by atoms with Crippen LogP contribution in [0, 0.1) is 27.7 Å². The molecule has 0 fully saturated rings. The third kappa shape index (κ3) is 3.80. The van der Waals surface area contributed by atoms with Gasteiger partial charge in [-0.15, -0.1) is 0 Å². The molecule has 106 valence electrons. The molecule has 3 nitrogen and oxygen atoms in total. The summed E-state index contributed by atoms with van der Waals surface area (Å²) in [4.78, 5) is 14.2. The average molecular weight is 262 g/mol. The zero-order valence-electron chi connectivity index (χ0n) is 13.1. The third-order valence-electron chi connectivity index (χ3n) is 3.89. The molecule has 19 heavy (non-hydrogen) atoms. The van der Waals surface area contributed by atoms with Gasteiger partial charge in [0.05, 0.1) is 6.54 Å². The molecule has 0 aliphatic carbocycles. The Hall–Kier alpha value is -1.35. The van der Waals surface area contributed by atoms with Crippen molar-refractivity contribution in [3.8, 4) is 0 Å². The molecule has 0 saturated carbocycles. The fraction of sp³-hybridized carbons (Fsp3) is 0.562. The van der Waals surface area contributed by atoms with Crippen molar-refractivity contribution in [1.29, 1.82) is 0 Å². The number of anilines is 1. The Morgan fingerprint density at radius 1 is 1.05 bits per heavy atom. The topological polar surface area (TPSA) is 32.3 Å². The van der Waals surface area contributed by atoms with Gasteiger partial charge in [-0.25, -0.2) is 0 Å². The maximum atomic E-state index is 12.1. The highest BCUT2D eigenvalue weighted by atomic mass is 16.2. The number of carbonyl (C=O) groups is 1. The maximum absolute atomic E-state index is 12.1. The lowest BCUT2D eigenvalue weighted by atomic mass is 9.98. The van der Waals surface area contributed by atoms with Crippen molar-refractivity contribution >= 4 is 11.6 Å². The fourth-order valence-corrected chi connectivity index (χ4v) is 2.23. The third-order valence-corrected chi connectivity index (χ3v) is 3.89. The number of hydrogen-bond acceptors (Lipinski definition) is 2. The van der Waals surface area contributed by atoms with Gasteiger partial charge in [-0.2, -0.15) is 0 Å². The summed E-state index contributed by atoms with van der Waals surface area (Å²) in [6.45, 7) is 14.7. The van der Waals surface area contributed by atoms with Crippen molar-refractivity contribution in [2.45, 2.75) is 41.5 Å². The Labute approximate surface area is 117 Å². The first-order chi connectivity index (χ1) is 8.90. The van der Waals surface area contributed by atoms with E-state index >= 15 is 0 Å². The average Bonchev–Trinajstić information content (AvgIpc) is 2.38. The van der Waals surface area contributed by atoms with Gasteiger partial charge in [-0.1, -0.05) is 19.9 Å². The van der Waals surface area contributed by atoms with E-state index in [1.807, 2.05) is 0 Å². The van der Waals surface area contributed by atoms with E-state index in [2.05, 4.69) is 57.8 Å². The summed E-state index contributed by atoms with van der Waals surface area (Å²) in [5, 5.41) is 3.08. The zero-order valence-corrected chi connectivity index (χ0v) is 13.1. The van der Waals surface area contributed by atoms with Crippen LogP contribution in [0.5, 0.6) is 0 Å². The van der Waals surface area contributed by atoms with Crippen LogP contribution < -0.4 is 5.32 Å². The molecule has 0 atom stereocenters. The van der Waals surface area contributed by atoms with E-state index in [0.29, 0.717) is 6.54 Å². The summed E-state index contributed by atoms with van der Waals surface area (Å²) in [6.07, 6.45) is 0. The number of nitrogens with one attached hydrogen (secondary N) is 1. The van der Waals surface area contributed by atoms with E-state index in [1.165, 1.54) is 11.1 Å². The molecule has 1 amide bonds. The molecule has 0 aliphatic heterocycles. The monoisotopic (exact) mass is 262 g/mol. The standard InChI is InChI=1S/C16H26N2O/c1-7-18(8-2)10-15(19)17-16-13(5)11(3)9-12(4)14(16)6/h9H,7-8,10H2,1-6H3,(H,17,19). The molecule has 0 radical (unpaired) electrons. The Bertz CT molecular complexity index is 436. The number of nitrogens with zero attached hydrogens (tertiary/aromatic N) is 1. The summed E-state index contributed by atoms with van der Waals surface area (Å²) in [5.41, 5.74) is 5.75. The molecule has 1 rings (SSSR count). The Kier molecular flexibility index (Phi) is 5.55. The van der Waals surface area contributed by atoms with Gasteiger partial charge in [0.2, 0.25) is 5.91 Å².